The Labute approximate surface area is 110 Å². The van der Waals surface area contributed by atoms with E-state index in [9.17, 15) is 10.1 Å². The molecule has 1 aromatic heterocycles. The lowest BCUT2D eigenvalue weighted by molar-refractivity contribution is -0.384. The summed E-state index contributed by atoms with van der Waals surface area (Å²) in [7, 11) is 0. The molecule has 6 heteroatoms. The summed E-state index contributed by atoms with van der Waals surface area (Å²) in [5, 5.41) is 14.7. The Kier molecular flexibility index (Phi) is 3.35. The number of non-ortho nitro benzene ring substituents is 1. The minimum Gasteiger partial charge on any atom is -0.364 e. The van der Waals surface area contributed by atoms with E-state index in [0.717, 1.165) is 5.39 Å². The topological polar surface area (TPSA) is 94.1 Å². The number of hydrogen-bond donors (Lipinski definition) is 2. The molecule has 0 aliphatic carbocycles. The van der Waals surface area contributed by atoms with Crippen molar-refractivity contribution in [2.75, 3.05) is 11.9 Å². The lowest BCUT2D eigenvalue weighted by Gasteiger charge is -2.24. The molecule has 0 aliphatic heterocycles. The summed E-state index contributed by atoms with van der Waals surface area (Å²) >= 11 is 0. The zero-order chi connectivity index (χ0) is 14.0. The fraction of sp³-hybridized carbons (Fsp3) is 0.308. The Morgan fingerprint density at radius 1 is 1.37 bits per heavy atom. The zero-order valence-corrected chi connectivity index (χ0v) is 10.9. The number of fused-ring (bicyclic) bond motifs is 1. The van der Waals surface area contributed by atoms with Crippen molar-refractivity contribution in [3.05, 3.63) is 40.4 Å². The number of anilines is 1. The maximum atomic E-state index is 10.7. The lowest BCUT2D eigenvalue weighted by atomic mass is 10.1. The molecule has 0 spiro atoms. The van der Waals surface area contributed by atoms with Crippen LogP contribution >= 0.6 is 0 Å². The molecule has 6 nitrogen and oxygen atoms in total. The van der Waals surface area contributed by atoms with Gasteiger partial charge < -0.3 is 11.1 Å². The summed E-state index contributed by atoms with van der Waals surface area (Å²) in [4.78, 5) is 14.7. The number of nitrogens with two attached hydrogens (primary N) is 1. The molecule has 0 radical (unpaired) electrons. The number of nitrogens with zero attached hydrogens (tertiary/aromatic N) is 2. The molecule has 19 heavy (non-hydrogen) atoms. The minimum absolute atomic E-state index is 0.0669. The van der Waals surface area contributed by atoms with Crippen molar-refractivity contribution < 1.29 is 4.92 Å². The molecule has 2 rings (SSSR count). The summed E-state index contributed by atoms with van der Waals surface area (Å²) in [5.74, 6) is 0.705. The number of nitro benzene ring substituents is 1. The average Bonchev–Trinajstić information content (AvgIpc) is 2.37. The predicted octanol–water partition coefficient (Wildman–Crippen LogP) is 2.29. The van der Waals surface area contributed by atoms with Crippen LogP contribution in [0.1, 0.15) is 13.8 Å². The van der Waals surface area contributed by atoms with E-state index < -0.39 is 4.92 Å². The SMILES string of the molecule is CC(C)(CN)Nc1ccc2cc([N+](=O)[O-])ccc2n1. The summed E-state index contributed by atoms with van der Waals surface area (Å²) < 4.78 is 0. The van der Waals surface area contributed by atoms with Gasteiger partial charge in [-0.15, -0.1) is 0 Å². The van der Waals surface area contributed by atoms with E-state index in [-0.39, 0.29) is 11.2 Å². The number of nitrogens with one attached hydrogen (secondary N) is 1. The number of benzene rings is 1. The van der Waals surface area contributed by atoms with Crippen LogP contribution < -0.4 is 11.1 Å². The van der Waals surface area contributed by atoms with Crippen LogP contribution in [0.2, 0.25) is 0 Å². The number of hydrogen-bond acceptors (Lipinski definition) is 5. The molecule has 100 valence electrons. The second-order valence-electron chi connectivity index (χ2n) is 5.04. The smallest absolute Gasteiger partial charge is 0.270 e. The van der Waals surface area contributed by atoms with Crippen LogP contribution in [0.5, 0.6) is 0 Å². The Balaban J connectivity index is 2.37. The fourth-order valence-corrected chi connectivity index (χ4v) is 1.69. The van der Waals surface area contributed by atoms with Gasteiger partial charge in [0.2, 0.25) is 0 Å². The fourth-order valence-electron chi connectivity index (χ4n) is 1.69. The van der Waals surface area contributed by atoms with Gasteiger partial charge in [0, 0.05) is 29.6 Å². The molecule has 0 saturated heterocycles. The van der Waals surface area contributed by atoms with Gasteiger partial charge in [-0.05, 0) is 32.0 Å². The van der Waals surface area contributed by atoms with Crippen LogP contribution in [-0.2, 0) is 0 Å². The first-order valence-electron chi connectivity index (χ1n) is 5.95. The molecule has 2 aromatic rings. The third-order valence-electron chi connectivity index (χ3n) is 2.86. The summed E-state index contributed by atoms with van der Waals surface area (Å²) in [6.07, 6.45) is 0. The minimum atomic E-state index is -0.414. The zero-order valence-electron chi connectivity index (χ0n) is 10.9. The molecule has 0 amide bonds. The Morgan fingerprint density at radius 2 is 2.11 bits per heavy atom. The van der Waals surface area contributed by atoms with Crippen molar-refractivity contribution >= 4 is 22.4 Å². The van der Waals surface area contributed by atoms with Gasteiger partial charge >= 0.3 is 0 Å². The molecule has 0 fully saturated rings. The maximum absolute atomic E-state index is 10.7. The van der Waals surface area contributed by atoms with Crippen LogP contribution in [-0.4, -0.2) is 22.0 Å². The van der Waals surface area contributed by atoms with Crippen LogP contribution in [0.3, 0.4) is 0 Å². The molecule has 0 unspecified atom stereocenters. The second kappa shape index (κ2) is 4.81. The van der Waals surface area contributed by atoms with E-state index in [0.29, 0.717) is 17.9 Å². The first kappa shape index (κ1) is 13.2. The molecule has 1 aromatic carbocycles. The van der Waals surface area contributed by atoms with Gasteiger partial charge in [-0.25, -0.2) is 4.98 Å². The third kappa shape index (κ3) is 2.97. The summed E-state index contributed by atoms with van der Waals surface area (Å²) in [6.45, 7) is 4.44. The van der Waals surface area contributed by atoms with Crippen molar-refractivity contribution in [3.63, 3.8) is 0 Å². The lowest BCUT2D eigenvalue weighted by Crippen LogP contribution is -2.39. The van der Waals surface area contributed by atoms with E-state index >= 15 is 0 Å². The quantitative estimate of drug-likeness (QED) is 0.649. The number of aromatic nitrogens is 1. The Bertz CT molecular complexity index is 625. The molecular formula is C13H16N4O2. The van der Waals surface area contributed by atoms with E-state index in [1.807, 2.05) is 19.9 Å². The molecule has 0 aliphatic rings. The Morgan fingerprint density at radius 3 is 2.74 bits per heavy atom. The maximum Gasteiger partial charge on any atom is 0.270 e. The molecule has 0 bridgehead atoms. The standard InChI is InChI=1S/C13H16N4O2/c1-13(2,8-14)16-12-6-3-9-7-10(17(18)19)4-5-11(9)15-12/h3-7H,8,14H2,1-2H3,(H,15,16). The van der Waals surface area contributed by atoms with Crippen molar-refractivity contribution in [1.29, 1.82) is 0 Å². The highest BCUT2D eigenvalue weighted by Crippen LogP contribution is 2.22. The predicted molar refractivity (Wildman–Crippen MR) is 75.2 cm³/mol. The normalized spacial score (nSPS) is 11.5. The monoisotopic (exact) mass is 260 g/mol. The van der Waals surface area contributed by atoms with Crippen molar-refractivity contribution in [2.24, 2.45) is 5.73 Å². The van der Waals surface area contributed by atoms with Crippen LogP contribution in [0.4, 0.5) is 11.5 Å². The van der Waals surface area contributed by atoms with Crippen molar-refractivity contribution in [3.8, 4) is 0 Å². The van der Waals surface area contributed by atoms with E-state index in [2.05, 4.69) is 10.3 Å². The number of pyridine rings is 1. The van der Waals surface area contributed by atoms with Crippen LogP contribution in [0.25, 0.3) is 10.9 Å². The molecule has 3 N–H and O–H groups in total. The van der Waals surface area contributed by atoms with Gasteiger partial charge in [-0.3, -0.25) is 10.1 Å². The summed E-state index contributed by atoms with van der Waals surface area (Å²) in [5.41, 5.74) is 6.18. The second-order valence-corrected chi connectivity index (χ2v) is 5.04. The van der Waals surface area contributed by atoms with Crippen molar-refractivity contribution in [1.82, 2.24) is 4.98 Å². The van der Waals surface area contributed by atoms with Gasteiger partial charge in [0.25, 0.3) is 5.69 Å². The van der Waals surface area contributed by atoms with Gasteiger partial charge in [0.1, 0.15) is 5.82 Å². The molecule has 1 heterocycles. The van der Waals surface area contributed by atoms with Gasteiger partial charge in [0.05, 0.1) is 10.4 Å². The first-order valence-corrected chi connectivity index (χ1v) is 5.95. The number of nitro groups is 1. The van der Waals surface area contributed by atoms with Crippen LogP contribution in [0.15, 0.2) is 30.3 Å². The molecule has 0 saturated carbocycles. The number of rotatable bonds is 4. The third-order valence-corrected chi connectivity index (χ3v) is 2.86. The van der Waals surface area contributed by atoms with E-state index in [1.54, 1.807) is 12.1 Å². The van der Waals surface area contributed by atoms with Gasteiger partial charge in [-0.1, -0.05) is 0 Å². The highest BCUT2D eigenvalue weighted by Gasteiger charge is 2.15. The van der Waals surface area contributed by atoms with Crippen molar-refractivity contribution in [2.45, 2.75) is 19.4 Å². The van der Waals surface area contributed by atoms with Gasteiger partial charge in [0.15, 0.2) is 0 Å². The van der Waals surface area contributed by atoms with Gasteiger partial charge in [-0.2, -0.15) is 0 Å². The highest BCUT2D eigenvalue weighted by molar-refractivity contribution is 5.82. The Hall–Kier alpha value is -2.21. The first-order chi connectivity index (χ1) is 8.91. The van der Waals surface area contributed by atoms with E-state index in [1.165, 1.54) is 12.1 Å². The summed E-state index contributed by atoms with van der Waals surface area (Å²) in [6, 6.07) is 8.22. The molecular weight excluding hydrogens is 244 g/mol. The van der Waals surface area contributed by atoms with E-state index in [4.69, 9.17) is 5.73 Å². The average molecular weight is 260 g/mol. The molecule has 0 atom stereocenters. The highest BCUT2D eigenvalue weighted by atomic mass is 16.6. The van der Waals surface area contributed by atoms with Crippen LogP contribution in [0, 0.1) is 10.1 Å². The largest absolute Gasteiger partial charge is 0.364 e.